The number of nitrogens with zero attached hydrogens (tertiary/aromatic N) is 1. The molecule has 0 heterocycles. The van der Waals surface area contributed by atoms with Crippen LogP contribution < -0.4 is 10.6 Å². The summed E-state index contributed by atoms with van der Waals surface area (Å²) in [5.74, 6) is -0.0313. The minimum absolute atomic E-state index is 0.0313. The molecule has 1 aromatic carbocycles. The van der Waals surface area contributed by atoms with Gasteiger partial charge in [-0.1, -0.05) is 6.92 Å². The lowest BCUT2D eigenvalue weighted by Crippen LogP contribution is -2.48. The third-order valence-electron chi connectivity index (χ3n) is 3.14. The zero-order chi connectivity index (χ0) is 14.5. The molecule has 0 bridgehead atoms. The van der Waals surface area contributed by atoms with Crippen LogP contribution in [0.3, 0.4) is 0 Å². The first kappa shape index (κ1) is 15.0. The smallest absolute Gasteiger partial charge is 0.242 e. The lowest BCUT2D eigenvalue weighted by Gasteiger charge is -2.27. The summed E-state index contributed by atoms with van der Waals surface area (Å²) in [6.45, 7) is 7.86. The number of nitrogens with one attached hydrogen (secondary N) is 2. The lowest BCUT2D eigenvalue weighted by atomic mass is 10.0. The highest BCUT2D eigenvalue weighted by Crippen LogP contribution is 2.12. The summed E-state index contributed by atoms with van der Waals surface area (Å²) < 4.78 is 0. The molecule has 0 saturated heterocycles. The Labute approximate surface area is 114 Å². The first-order valence-corrected chi connectivity index (χ1v) is 6.46. The number of carbonyl (C=O) groups is 1. The van der Waals surface area contributed by atoms with Gasteiger partial charge < -0.3 is 10.6 Å². The molecule has 1 amide bonds. The summed E-state index contributed by atoms with van der Waals surface area (Å²) in [6, 6.07) is 8.79. The zero-order valence-corrected chi connectivity index (χ0v) is 11.9. The summed E-state index contributed by atoms with van der Waals surface area (Å²) in [5, 5.41) is 14.8. The van der Waals surface area contributed by atoms with Gasteiger partial charge in [-0.2, -0.15) is 5.26 Å². The van der Waals surface area contributed by atoms with E-state index in [-0.39, 0.29) is 17.5 Å². The second-order valence-corrected chi connectivity index (χ2v) is 5.28. The van der Waals surface area contributed by atoms with Gasteiger partial charge in [0.1, 0.15) is 6.04 Å². The van der Waals surface area contributed by atoms with E-state index < -0.39 is 0 Å². The van der Waals surface area contributed by atoms with Crippen molar-refractivity contribution in [3.05, 3.63) is 29.8 Å². The Kier molecular flexibility index (Phi) is 4.94. The fraction of sp³-hybridized carbons (Fsp3) is 0.467. The fourth-order valence-electron chi connectivity index (χ4n) is 1.49. The molecule has 1 rings (SSSR count). The summed E-state index contributed by atoms with van der Waals surface area (Å²) in [4.78, 5) is 12.0. The van der Waals surface area contributed by atoms with Crippen LogP contribution in [0.5, 0.6) is 0 Å². The van der Waals surface area contributed by atoms with E-state index in [1.54, 1.807) is 24.3 Å². The summed E-state index contributed by atoms with van der Waals surface area (Å²) >= 11 is 0. The van der Waals surface area contributed by atoms with E-state index in [9.17, 15) is 4.79 Å². The topological polar surface area (TPSA) is 64.9 Å². The van der Waals surface area contributed by atoms with E-state index in [0.717, 1.165) is 12.1 Å². The van der Waals surface area contributed by atoms with Gasteiger partial charge in [0.05, 0.1) is 11.6 Å². The minimum atomic E-state index is -0.321. The van der Waals surface area contributed by atoms with Crippen LogP contribution in [0.1, 0.15) is 39.7 Å². The highest BCUT2D eigenvalue weighted by atomic mass is 16.2. The second-order valence-electron chi connectivity index (χ2n) is 5.28. The average Bonchev–Trinajstić information content (AvgIpc) is 2.39. The maximum absolute atomic E-state index is 12.0. The maximum Gasteiger partial charge on any atom is 0.242 e. The number of carbonyl (C=O) groups excluding carboxylic acids is 1. The number of amides is 1. The first-order chi connectivity index (χ1) is 8.88. The van der Waals surface area contributed by atoms with Gasteiger partial charge in [-0.05, 0) is 51.5 Å². The highest BCUT2D eigenvalue weighted by molar-refractivity contribution is 5.84. The molecule has 1 atom stereocenters. The van der Waals surface area contributed by atoms with Gasteiger partial charge in [0, 0.05) is 11.2 Å². The van der Waals surface area contributed by atoms with Crippen molar-refractivity contribution in [1.29, 1.82) is 5.26 Å². The van der Waals surface area contributed by atoms with Gasteiger partial charge in [0.25, 0.3) is 0 Å². The van der Waals surface area contributed by atoms with Crippen LogP contribution >= 0.6 is 0 Å². The molecule has 1 unspecified atom stereocenters. The normalized spacial score (nSPS) is 12.4. The molecule has 0 aliphatic carbocycles. The predicted octanol–water partition coefficient (Wildman–Crippen LogP) is 2.66. The van der Waals surface area contributed by atoms with Crippen molar-refractivity contribution in [1.82, 2.24) is 5.32 Å². The molecule has 0 fully saturated rings. The Hall–Kier alpha value is -2.02. The fourth-order valence-corrected chi connectivity index (χ4v) is 1.49. The van der Waals surface area contributed by atoms with E-state index in [4.69, 9.17) is 5.26 Å². The molecular weight excluding hydrogens is 238 g/mol. The maximum atomic E-state index is 12.0. The van der Waals surface area contributed by atoms with Crippen molar-refractivity contribution >= 4 is 11.6 Å². The van der Waals surface area contributed by atoms with Crippen LogP contribution in [0.4, 0.5) is 5.69 Å². The summed E-state index contributed by atoms with van der Waals surface area (Å²) in [6.07, 6.45) is 0.877. The number of anilines is 1. The van der Waals surface area contributed by atoms with Crippen LogP contribution in [0.25, 0.3) is 0 Å². The van der Waals surface area contributed by atoms with E-state index in [2.05, 4.69) is 16.7 Å². The van der Waals surface area contributed by atoms with Crippen LogP contribution in [-0.4, -0.2) is 17.5 Å². The predicted molar refractivity (Wildman–Crippen MR) is 76.8 cm³/mol. The van der Waals surface area contributed by atoms with E-state index in [1.165, 1.54) is 0 Å². The van der Waals surface area contributed by atoms with Gasteiger partial charge in [0.2, 0.25) is 5.91 Å². The van der Waals surface area contributed by atoms with Crippen LogP contribution in [0.2, 0.25) is 0 Å². The van der Waals surface area contributed by atoms with Crippen LogP contribution in [0, 0.1) is 11.3 Å². The van der Waals surface area contributed by atoms with Crippen LogP contribution in [-0.2, 0) is 4.79 Å². The Morgan fingerprint density at radius 2 is 1.95 bits per heavy atom. The Morgan fingerprint density at radius 1 is 1.37 bits per heavy atom. The SMILES string of the molecule is CCC(C)(C)NC(=O)C(C)Nc1ccc(C#N)cc1. The molecule has 0 radical (unpaired) electrons. The third-order valence-corrected chi connectivity index (χ3v) is 3.14. The van der Waals surface area contributed by atoms with Crippen molar-refractivity contribution in [2.75, 3.05) is 5.32 Å². The molecule has 4 nitrogen and oxygen atoms in total. The number of benzene rings is 1. The molecule has 0 aromatic heterocycles. The monoisotopic (exact) mass is 259 g/mol. The summed E-state index contributed by atoms with van der Waals surface area (Å²) in [5.41, 5.74) is 1.24. The molecule has 0 aliphatic rings. The van der Waals surface area contributed by atoms with Crippen molar-refractivity contribution in [3.63, 3.8) is 0 Å². The van der Waals surface area contributed by atoms with E-state index in [1.807, 2.05) is 27.7 Å². The molecule has 1 aromatic rings. The third kappa shape index (κ3) is 4.63. The minimum Gasteiger partial charge on any atom is -0.374 e. The van der Waals surface area contributed by atoms with Gasteiger partial charge >= 0.3 is 0 Å². The number of hydrogen-bond donors (Lipinski definition) is 2. The van der Waals surface area contributed by atoms with Gasteiger partial charge in [-0.25, -0.2) is 0 Å². The van der Waals surface area contributed by atoms with E-state index in [0.29, 0.717) is 5.56 Å². The Morgan fingerprint density at radius 3 is 2.42 bits per heavy atom. The van der Waals surface area contributed by atoms with Crippen molar-refractivity contribution in [2.24, 2.45) is 0 Å². The summed E-state index contributed by atoms with van der Waals surface area (Å²) in [7, 11) is 0. The molecule has 2 N–H and O–H groups in total. The first-order valence-electron chi connectivity index (χ1n) is 6.46. The standard InChI is InChI=1S/C15H21N3O/c1-5-15(3,4)18-14(19)11(2)17-13-8-6-12(10-16)7-9-13/h6-9,11,17H,5H2,1-4H3,(H,18,19). The number of nitriles is 1. The Balaban J connectivity index is 2.61. The largest absolute Gasteiger partial charge is 0.374 e. The molecular formula is C15H21N3O. The second kappa shape index (κ2) is 6.24. The lowest BCUT2D eigenvalue weighted by molar-refractivity contribution is -0.123. The van der Waals surface area contributed by atoms with Gasteiger partial charge in [-0.15, -0.1) is 0 Å². The quantitative estimate of drug-likeness (QED) is 0.854. The van der Waals surface area contributed by atoms with Gasteiger partial charge in [-0.3, -0.25) is 4.79 Å². The van der Waals surface area contributed by atoms with Crippen molar-refractivity contribution < 1.29 is 4.79 Å². The van der Waals surface area contributed by atoms with Crippen LogP contribution in [0.15, 0.2) is 24.3 Å². The number of hydrogen-bond acceptors (Lipinski definition) is 3. The molecule has 4 heteroatoms. The zero-order valence-electron chi connectivity index (χ0n) is 11.9. The Bertz CT molecular complexity index is 471. The molecule has 102 valence electrons. The van der Waals surface area contributed by atoms with Gasteiger partial charge in [0.15, 0.2) is 0 Å². The van der Waals surface area contributed by atoms with E-state index >= 15 is 0 Å². The molecule has 0 saturated carbocycles. The molecule has 19 heavy (non-hydrogen) atoms. The number of rotatable bonds is 5. The van der Waals surface area contributed by atoms with Crippen molar-refractivity contribution in [2.45, 2.75) is 45.7 Å². The highest BCUT2D eigenvalue weighted by Gasteiger charge is 2.21. The molecule has 0 aliphatic heterocycles. The average molecular weight is 259 g/mol. The van der Waals surface area contributed by atoms with Crippen molar-refractivity contribution in [3.8, 4) is 6.07 Å². The molecule has 0 spiro atoms.